The Bertz CT molecular complexity index is 789. The van der Waals surface area contributed by atoms with E-state index in [1.54, 1.807) is 38.5 Å². The Morgan fingerprint density at radius 1 is 1.11 bits per heavy atom. The lowest BCUT2D eigenvalue weighted by Gasteiger charge is -2.33. The summed E-state index contributed by atoms with van der Waals surface area (Å²) >= 11 is 0. The number of ether oxygens (including phenoxy) is 2. The van der Waals surface area contributed by atoms with E-state index in [0.29, 0.717) is 29.5 Å². The van der Waals surface area contributed by atoms with Crippen LogP contribution in [0.15, 0.2) is 42.5 Å². The van der Waals surface area contributed by atoms with Gasteiger partial charge in [0, 0.05) is 11.8 Å². The molecule has 1 aliphatic rings. The molecule has 1 fully saturated rings. The molecule has 3 rings (SSSR count). The summed E-state index contributed by atoms with van der Waals surface area (Å²) in [6.45, 7) is 3.69. The van der Waals surface area contributed by atoms with Gasteiger partial charge in [-0.3, -0.25) is 4.79 Å². The van der Waals surface area contributed by atoms with Crippen LogP contribution in [0, 0.1) is 0 Å². The average Bonchev–Trinajstić information content (AvgIpc) is 2.69. The van der Waals surface area contributed by atoms with Crippen molar-refractivity contribution in [3.05, 3.63) is 42.5 Å². The van der Waals surface area contributed by atoms with E-state index in [9.17, 15) is 9.90 Å². The maximum absolute atomic E-state index is 12.4. The molecule has 0 atom stereocenters. The number of nitrogens with one attached hydrogen (secondary N) is 2. The van der Waals surface area contributed by atoms with Crippen LogP contribution in [-0.2, 0) is 4.79 Å². The van der Waals surface area contributed by atoms with Crippen molar-refractivity contribution in [1.82, 2.24) is 0 Å². The number of phenolic OH excluding ortho intramolecular Hbond substituents is 1. The summed E-state index contributed by atoms with van der Waals surface area (Å²) in [4.78, 5) is 15.8. The van der Waals surface area contributed by atoms with E-state index < -0.39 is 0 Å². The van der Waals surface area contributed by atoms with Gasteiger partial charge in [-0.05, 0) is 24.3 Å². The van der Waals surface area contributed by atoms with Gasteiger partial charge in [-0.25, -0.2) is 0 Å². The quantitative estimate of drug-likeness (QED) is 0.698. The van der Waals surface area contributed by atoms with E-state index in [1.165, 1.54) is 4.90 Å². The van der Waals surface area contributed by atoms with Crippen molar-refractivity contribution in [3.63, 3.8) is 0 Å². The molecule has 0 spiro atoms. The predicted octanol–water partition coefficient (Wildman–Crippen LogP) is 0.753. The Hall–Kier alpha value is -2.93. The fourth-order valence-electron chi connectivity index (χ4n) is 3.32. The van der Waals surface area contributed by atoms with Crippen LogP contribution in [0.5, 0.6) is 17.2 Å². The minimum atomic E-state index is -0.0340. The normalized spacial score (nSPS) is 14.7. The van der Waals surface area contributed by atoms with Gasteiger partial charge in [-0.1, -0.05) is 12.1 Å². The summed E-state index contributed by atoms with van der Waals surface area (Å²) in [5.74, 6) is 1.47. The predicted molar refractivity (Wildman–Crippen MR) is 104 cm³/mol. The van der Waals surface area contributed by atoms with E-state index >= 15 is 0 Å². The maximum Gasteiger partial charge on any atom is 0.279 e. The van der Waals surface area contributed by atoms with Crippen LogP contribution in [0.1, 0.15) is 0 Å². The average molecular weight is 372 g/mol. The molecule has 1 amide bonds. The first-order valence-corrected chi connectivity index (χ1v) is 8.99. The van der Waals surface area contributed by atoms with Crippen LogP contribution in [-0.4, -0.2) is 58.0 Å². The second kappa shape index (κ2) is 8.64. The van der Waals surface area contributed by atoms with E-state index in [0.717, 1.165) is 31.9 Å². The van der Waals surface area contributed by atoms with E-state index in [-0.39, 0.29) is 5.91 Å². The maximum atomic E-state index is 12.4. The number of rotatable bonds is 6. The monoisotopic (exact) mass is 372 g/mol. The van der Waals surface area contributed by atoms with Crippen molar-refractivity contribution < 1.29 is 24.3 Å². The molecule has 1 aliphatic heterocycles. The number of anilines is 2. The molecule has 0 aromatic heterocycles. The largest absolute Gasteiger partial charge is 0.506 e. The summed E-state index contributed by atoms with van der Waals surface area (Å²) in [5, 5.41) is 12.9. The lowest BCUT2D eigenvalue weighted by atomic mass is 10.2. The van der Waals surface area contributed by atoms with Gasteiger partial charge in [0.1, 0.15) is 5.75 Å². The molecule has 0 radical (unpaired) electrons. The van der Waals surface area contributed by atoms with Crippen molar-refractivity contribution in [2.45, 2.75) is 0 Å². The molecular formula is C20H26N3O4+. The van der Waals surface area contributed by atoms with Crippen LogP contribution in [0.2, 0.25) is 0 Å². The number of nitrogens with zero attached hydrogens (tertiary/aromatic N) is 1. The highest BCUT2D eigenvalue weighted by Crippen LogP contribution is 2.29. The minimum absolute atomic E-state index is 0.0340. The molecule has 2 aromatic rings. The zero-order valence-corrected chi connectivity index (χ0v) is 15.7. The van der Waals surface area contributed by atoms with Crippen LogP contribution in [0.25, 0.3) is 0 Å². The van der Waals surface area contributed by atoms with Gasteiger partial charge < -0.3 is 29.7 Å². The number of piperazine rings is 1. The number of hydrogen-bond acceptors (Lipinski definition) is 5. The summed E-state index contributed by atoms with van der Waals surface area (Å²) in [5.41, 5.74) is 1.54. The number of methoxy groups -OCH3 is 2. The Labute approximate surface area is 159 Å². The molecule has 0 bridgehead atoms. The number of benzene rings is 2. The number of carbonyl (C=O) groups is 1. The number of amides is 1. The van der Waals surface area contributed by atoms with Gasteiger partial charge in [-0.2, -0.15) is 0 Å². The first kappa shape index (κ1) is 18.8. The molecule has 7 nitrogen and oxygen atoms in total. The first-order chi connectivity index (χ1) is 13.1. The minimum Gasteiger partial charge on any atom is -0.506 e. The molecule has 1 saturated heterocycles. The summed E-state index contributed by atoms with van der Waals surface area (Å²) in [6, 6.07) is 12.7. The summed E-state index contributed by atoms with van der Waals surface area (Å²) in [7, 11) is 3.14. The molecule has 144 valence electrons. The van der Waals surface area contributed by atoms with Gasteiger partial charge in [0.05, 0.1) is 46.1 Å². The third-order valence-corrected chi connectivity index (χ3v) is 4.77. The van der Waals surface area contributed by atoms with E-state index in [4.69, 9.17) is 9.47 Å². The molecule has 3 N–H and O–H groups in total. The fraction of sp³-hybridized carbons (Fsp3) is 0.350. The molecule has 2 aromatic carbocycles. The van der Waals surface area contributed by atoms with Gasteiger partial charge in [0.25, 0.3) is 5.91 Å². The topological polar surface area (TPSA) is 75.5 Å². The van der Waals surface area contributed by atoms with Crippen LogP contribution >= 0.6 is 0 Å². The molecule has 0 unspecified atom stereocenters. The van der Waals surface area contributed by atoms with Crippen molar-refractivity contribution >= 4 is 17.3 Å². The zero-order valence-electron chi connectivity index (χ0n) is 15.7. The highest BCUT2D eigenvalue weighted by atomic mass is 16.5. The third kappa shape index (κ3) is 4.62. The van der Waals surface area contributed by atoms with Crippen molar-refractivity contribution in [3.8, 4) is 17.2 Å². The van der Waals surface area contributed by atoms with Crippen molar-refractivity contribution in [2.24, 2.45) is 0 Å². The fourth-order valence-corrected chi connectivity index (χ4v) is 3.32. The molecule has 7 heteroatoms. The van der Waals surface area contributed by atoms with E-state index in [2.05, 4.69) is 10.2 Å². The van der Waals surface area contributed by atoms with Gasteiger partial charge in [-0.15, -0.1) is 0 Å². The van der Waals surface area contributed by atoms with Gasteiger partial charge in [0.2, 0.25) is 0 Å². The standard InChI is InChI=1S/C20H25N3O4/c1-26-18-8-7-15(13-19(18)27-2)21-20(25)14-22-9-11-23(12-10-22)16-5-3-4-6-17(16)24/h3-8,13,24H,9-12,14H2,1-2H3,(H,21,25)/p+1. The van der Waals surface area contributed by atoms with Crippen LogP contribution in [0.3, 0.4) is 0 Å². The second-order valence-electron chi connectivity index (χ2n) is 6.52. The SMILES string of the molecule is COc1ccc(NC(=O)C[NH+]2CCN(c3ccccc3O)CC2)cc1OC. The lowest BCUT2D eigenvalue weighted by Crippen LogP contribution is -3.15. The highest BCUT2D eigenvalue weighted by molar-refractivity contribution is 5.91. The smallest absolute Gasteiger partial charge is 0.279 e. The number of hydrogen-bond donors (Lipinski definition) is 3. The summed E-state index contributed by atoms with van der Waals surface area (Å²) in [6.07, 6.45) is 0. The summed E-state index contributed by atoms with van der Waals surface area (Å²) < 4.78 is 10.5. The number of quaternary nitrogens is 1. The number of phenols is 1. The number of carbonyl (C=O) groups excluding carboxylic acids is 1. The number of para-hydroxylation sites is 2. The number of aromatic hydroxyl groups is 1. The lowest BCUT2D eigenvalue weighted by molar-refractivity contribution is -0.892. The highest BCUT2D eigenvalue weighted by Gasteiger charge is 2.23. The van der Waals surface area contributed by atoms with E-state index in [1.807, 2.05) is 18.2 Å². The zero-order chi connectivity index (χ0) is 19.2. The Morgan fingerprint density at radius 3 is 2.48 bits per heavy atom. The van der Waals surface area contributed by atoms with Crippen molar-refractivity contribution in [2.75, 3.05) is 57.2 Å². The third-order valence-electron chi connectivity index (χ3n) is 4.77. The first-order valence-electron chi connectivity index (χ1n) is 8.99. The van der Waals surface area contributed by atoms with Gasteiger partial charge in [0.15, 0.2) is 18.0 Å². The second-order valence-corrected chi connectivity index (χ2v) is 6.52. The molecule has 27 heavy (non-hydrogen) atoms. The molecule has 1 heterocycles. The Balaban J connectivity index is 1.52. The van der Waals surface area contributed by atoms with Crippen molar-refractivity contribution in [1.29, 1.82) is 0 Å². The van der Waals surface area contributed by atoms with Crippen LogP contribution < -0.4 is 24.6 Å². The van der Waals surface area contributed by atoms with Gasteiger partial charge >= 0.3 is 0 Å². The molecular weight excluding hydrogens is 346 g/mol. The Morgan fingerprint density at radius 2 is 1.81 bits per heavy atom. The van der Waals surface area contributed by atoms with Crippen LogP contribution in [0.4, 0.5) is 11.4 Å². The Kier molecular flexibility index (Phi) is 6.03. The molecule has 0 saturated carbocycles. The molecule has 0 aliphatic carbocycles.